The van der Waals surface area contributed by atoms with E-state index in [9.17, 15) is 0 Å². The van der Waals surface area contributed by atoms with Crippen LogP contribution in [-0.4, -0.2) is 31.3 Å². The summed E-state index contributed by atoms with van der Waals surface area (Å²) in [4.78, 5) is 6.46. The molecule has 78 valence electrons. The summed E-state index contributed by atoms with van der Waals surface area (Å²) in [6.45, 7) is 5.18. The second-order valence-electron chi connectivity index (χ2n) is 3.57. The number of pyridine rings is 1. The zero-order valence-corrected chi connectivity index (χ0v) is 8.73. The molecule has 2 heterocycles. The zero-order valence-electron chi connectivity index (χ0n) is 8.73. The van der Waals surface area contributed by atoms with E-state index in [1.54, 1.807) is 6.20 Å². The van der Waals surface area contributed by atoms with Gasteiger partial charge in [0.05, 0.1) is 18.8 Å². The zero-order chi connectivity index (χ0) is 10.7. The lowest BCUT2D eigenvalue weighted by molar-refractivity contribution is 0.122. The van der Waals surface area contributed by atoms with Gasteiger partial charge in [-0.15, -0.1) is 0 Å². The Labute approximate surface area is 89.1 Å². The van der Waals surface area contributed by atoms with Gasteiger partial charge in [0.15, 0.2) is 0 Å². The maximum Gasteiger partial charge on any atom is 0.128 e. The molecule has 4 nitrogen and oxygen atoms in total. The number of rotatable bonds is 1. The lowest BCUT2D eigenvalue weighted by atomic mass is 10.2. The van der Waals surface area contributed by atoms with E-state index < -0.39 is 0 Å². The highest BCUT2D eigenvalue weighted by molar-refractivity contribution is 5.46. The normalized spacial score (nSPS) is 16.1. The third-order valence-corrected chi connectivity index (χ3v) is 2.55. The molecule has 2 rings (SSSR count). The number of morpholine rings is 1. The molecule has 1 fully saturated rings. The van der Waals surface area contributed by atoms with Crippen LogP contribution >= 0.6 is 0 Å². The van der Waals surface area contributed by atoms with Crippen LogP contribution in [0.4, 0.5) is 5.82 Å². The Morgan fingerprint density at radius 1 is 1.47 bits per heavy atom. The van der Waals surface area contributed by atoms with E-state index in [1.807, 2.05) is 13.0 Å². The quantitative estimate of drug-likeness (QED) is 0.685. The molecule has 0 N–H and O–H groups in total. The molecule has 0 saturated carbocycles. The first-order chi connectivity index (χ1) is 7.31. The molecule has 0 aromatic carbocycles. The minimum atomic E-state index is 0.645. The van der Waals surface area contributed by atoms with Crippen LogP contribution in [0.25, 0.3) is 0 Å². The third kappa shape index (κ3) is 2.08. The molecule has 0 amide bonds. The Hall–Kier alpha value is -1.60. The van der Waals surface area contributed by atoms with Crippen molar-refractivity contribution in [1.29, 1.82) is 5.26 Å². The van der Waals surface area contributed by atoms with Crippen molar-refractivity contribution in [2.75, 3.05) is 31.2 Å². The average molecular weight is 203 g/mol. The van der Waals surface area contributed by atoms with E-state index in [0.29, 0.717) is 5.56 Å². The summed E-state index contributed by atoms with van der Waals surface area (Å²) in [5, 5.41) is 8.80. The Balaban J connectivity index is 2.22. The molecule has 0 spiro atoms. The molecule has 0 unspecified atom stereocenters. The van der Waals surface area contributed by atoms with Gasteiger partial charge in [-0.25, -0.2) is 4.98 Å². The van der Waals surface area contributed by atoms with Crippen molar-refractivity contribution in [3.8, 4) is 6.07 Å². The number of aromatic nitrogens is 1. The molecule has 0 atom stereocenters. The Morgan fingerprint density at radius 3 is 2.80 bits per heavy atom. The fraction of sp³-hybridized carbons (Fsp3) is 0.455. The first-order valence-corrected chi connectivity index (χ1v) is 5.00. The molecule has 4 heteroatoms. The van der Waals surface area contributed by atoms with Gasteiger partial charge < -0.3 is 9.64 Å². The van der Waals surface area contributed by atoms with Gasteiger partial charge in [-0.05, 0) is 18.6 Å². The Kier molecular flexibility index (Phi) is 2.84. The minimum Gasteiger partial charge on any atom is -0.378 e. The standard InChI is InChI=1S/C11H13N3O/c1-9-6-11(13-8-10(9)7-12)14-2-4-15-5-3-14/h6,8H,2-5H2,1H3. The van der Waals surface area contributed by atoms with Crippen LogP contribution in [0, 0.1) is 18.3 Å². The van der Waals surface area contributed by atoms with Crippen LogP contribution in [0.2, 0.25) is 0 Å². The van der Waals surface area contributed by atoms with Gasteiger partial charge in [0.2, 0.25) is 0 Å². The highest BCUT2D eigenvalue weighted by Crippen LogP contribution is 2.16. The maximum absolute atomic E-state index is 8.80. The van der Waals surface area contributed by atoms with Crippen molar-refractivity contribution in [2.24, 2.45) is 0 Å². The molecule has 0 radical (unpaired) electrons. The van der Waals surface area contributed by atoms with Crippen molar-refractivity contribution < 1.29 is 4.74 Å². The fourth-order valence-corrected chi connectivity index (χ4v) is 1.62. The largest absolute Gasteiger partial charge is 0.378 e. The van der Waals surface area contributed by atoms with Crippen LogP contribution in [0.3, 0.4) is 0 Å². The average Bonchev–Trinajstić information content (AvgIpc) is 2.30. The Morgan fingerprint density at radius 2 is 2.20 bits per heavy atom. The van der Waals surface area contributed by atoms with E-state index in [0.717, 1.165) is 37.7 Å². The van der Waals surface area contributed by atoms with Gasteiger partial charge in [0.1, 0.15) is 11.9 Å². The molecule has 1 aromatic rings. The van der Waals surface area contributed by atoms with E-state index in [-0.39, 0.29) is 0 Å². The fourth-order valence-electron chi connectivity index (χ4n) is 1.62. The number of nitrogens with zero attached hydrogens (tertiary/aromatic N) is 3. The number of nitriles is 1. The van der Waals surface area contributed by atoms with Gasteiger partial charge in [0, 0.05) is 19.3 Å². The van der Waals surface area contributed by atoms with Crippen molar-refractivity contribution in [2.45, 2.75) is 6.92 Å². The van der Waals surface area contributed by atoms with Crippen molar-refractivity contribution in [3.63, 3.8) is 0 Å². The molecule has 1 aliphatic heterocycles. The molecule has 0 aliphatic carbocycles. The van der Waals surface area contributed by atoms with Crippen LogP contribution < -0.4 is 4.90 Å². The van der Waals surface area contributed by atoms with Crippen LogP contribution in [-0.2, 0) is 4.74 Å². The number of hydrogen-bond acceptors (Lipinski definition) is 4. The smallest absolute Gasteiger partial charge is 0.128 e. The van der Waals surface area contributed by atoms with Crippen molar-refractivity contribution >= 4 is 5.82 Å². The highest BCUT2D eigenvalue weighted by atomic mass is 16.5. The van der Waals surface area contributed by atoms with Gasteiger partial charge in [-0.2, -0.15) is 5.26 Å². The van der Waals surface area contributed by atoms with Gasteiger partial charge in [0.25, 0.3) is 0 Å². The van der Waals surface area contributed by atoms with E-state index in [4.69, 9.17) is 10.00 Å². The van der Waals surface area contributed by atoms with Crippen LogP contribution in [0.1, 0.15) is 11.1 Å². The van der Waals surface area contributed by atoms with Gasteiger partial charge in [-0.1, -0.05) is 0 Å². The predicted molar refractivity (Wildman–Crippen MR) is 56.7 cm³/mol. The second-order valence-corrected chi connectivity index (χ2v) is 3.57. The summed E-state index contributed by atoms with van der Waals surface area (Å²) >= 11 is 0. The summed E-state index contributed by atoms with van der Waals surface area (Å²) in [7, 11) is 0. The van der Waals surface area contributed by atoms with Crippen LogP contribution in [0.15, 0.2) is 12.3 Å². The molecule has 1 aliphatic rings. The molecule has 1 aromatic heterocycles. The van der Waals surface area contributed by atoms with Gasteiger partial charge >= 0.3 is 0 Å². The van der Waals surface area contributed by atoms with E-state index in [1.165, 1.54) is 0 Å². The first kappa shape index (κ1) is 9.94. The van der Waals surface area contributed by atoms with Crippen molar-refractivity contribution in [1.82, 2.24) is 4.98 Å². The molecule has 15 heavy (non-hydrogen) atoms. The SMILES string of the molecule is Cc1cc(N2CCOCC2)ncc1C#N. The summed E-state index contributed by atoms with van der Waals surface area (Å²) < 4.78 is 5.27. The minimum absolute atomic E-state index is 0.645. The summed E-state index contributed by atoms with van der Waals surface area (Å²) in [5.74, 6) is 0.940. The molecular weight excluding hydrogens is 190 g/mol. The lowest BCUT2D eigenvalue weighted by Gasteiger charge is -2.27. The number of ether oxygens (including phenoxy) is 1. The number of anilines is 1. The first-order valence-electron chi connectivity index (χ1n) is 5.00. The topological polar surface area (TPSA) is 49.1 Å². The second kappa shape index (κ2) is 4.28. The number of hydrogen-bond donors (Lipinski definition) is 0. The monoisotopic (exact) mass is 203 g/mol. The third-order valence-electron chi connectivity index (χ3n) is 2.55. The highest BCUT2D eigenvalue weighted by Gasteiger charge is 2.12. The molecule has 0 bridgehead atoms. The summed E-state index contributed by atoms with van der Waals surface area (Å²) in [5.41, 5.74) is 1.63. The van der Waals surface area contributed by atoms with E-state index >= 15 is 0 Å². The molecular formula is C11H13N3O. The summed E-state index contributed by atoms with van der Waals surface area (Å²) in [6.07, 6.45) is 1.64. The number of aryl methyl sites for hydroxylation is 1. The van der Waals surface area contributed by atoms with Crippen molar-refractivity contribution in [3.05, 3.63) is 23.4 Å². The predicted octanol–water partition coefficient (Wildman–Crippen LogP) is 1.10. The lowest BCUT2D eigenvalue weighted by Crippen LogP contribution is -2.36. The van der Waals surface area contributed by atoms with Gasteiger partial charge in [-0.3, -0.25) is 0 Å². The van der Waals surface area contributed by atoms with Crippen LogP contribution in [0.5, 0.6) is 0 Å². The Bertz CT molecular complexity index is 391. The summed E-state index contributed by atoms with van der Waals surface area (Å²) in [6, 6.07) is 4.08. The molecule has 1 saturated heterocycles. The van der Waals surface area contributed by atoms with E-state index in [2.05, 4.69) is 16.0 Å². The maximum atomic E-state index is 8.80.